The van der Waals surface area contributed by atoms with Gasteiger partial charge in [0.25, 0.3) is 0 Å². The number of nitrogens with one attached hydrogen (secondary N) is 1. The van der Waals surface area contributed by atoms with Gasteiger partial charge in [-0.25, -0.2) is 0 Å². The first-order valence-electron chi connectivity index (χ1n) is 8.28. The number of hydrogen-bond acceptors (Lipinski definition) is 1. The van der Waals surface area contributed by atoms with Crippen LogP contribution in [0.25, 0.3) is 0 Å². The van der Waals surface area contributed by atoms with Crippen LogP contribution in [0.5, 0.6) is 0 Å². The smallest absolute Gasteiger partial charge is 0.00255 e. The molecular formula is C19H29N. The van der Waals surface area contributed by atoms with Gasteiger partial charge in [0.1, 0.15) is 0 Å². The maximum Gasteiger partial charge on any atom is 0.00255 e. The molecule has 1 heteroatoms. The summed E-state index contributed by atoms with van der Waals surface area (Å²) < 4.78 is 0. The Balaban J connectivity index is 1.86. The van der Waals surface area contributed by atoms with Crippen molar-refractivity contribution < 1.29 is 0 Å². The molecule has 0 amide bonds. The summed E-state index contributed by atoms with van der Waals surface area (Å²) in [6.07, 6.45) is 6.99. The summed E-state index contributed by atoms with van der Waals surface area (Å²) in [7, 11) is 0. The number of aryl methyl sites for hydroxylation is 1. The molecule has 110 valence electrons. The van der Waals surface area contributed by atoms with E-state index in [1.807, 2.05) is 0 Å². The molecule has 1 spiro atoms. The predicted octanol–water partition coefficient (Wildman–Crippen LogP) is 4.66. The molecule has 0 aromatic heterocycles. The first-order chi connectivity index (χ1) is 9.51. The van der Waals surface area contributed by atoms with Crippen molar-refractivity contribution in [1.82, 2.24) is 5.32 Å². The minimum absolute atomic E-state index is 0.563. The Morgan fingerprint density at radius 1 is 0.950 bits per heavy atom. The summed E-state index contributed by atoms with van der Waals surface area (Å²) in [5.74, 6) is 0.716. The van der Waals surface area contributed by atoms with Crippen molar-refractivity contribution >= 4 is 0 Å². The van der Waals surface area contributed by atoms with E-state index in [0.29, 0.717) is 16.7 Å². The van der Waals surface area contributed by atoms with Gasteiger partial charge in [0.05, 0.1) is 0 Å². The Hall–Kier alpha value is -0.820. The topological polar surface area (TPSA) is 12.0 Å². The summed E-state index contributed by atoms with van der Waals surface area (Å²) >= 11 is 0. The van der Waals surface area contributed by atoms with Crippen LogP contribution in [0.1, 0.15) is 63.0 Å². The summed E-state index contributed by atoms with van der Waals surface area (Å²) in [6.45, 7) is 9.46. The van der Waals surface area contributed by atoms with E-state index in [1.54, 1.807) is 5.56 Å². The third kappa shape index (κ3) is 2.65. The first kappa shape index (κ1) is 14.1. The van der Waals surface area contributed by atoms with Crippen molar-refractivity contribution in [3.05, 3.63) is 35.4 Å². The van der Waals surface area contributed by atoms with E-state index in [4.69, 9.17) is 0 Å². The SMILES string of the molecule is Cc1ccc(C2CNCCC23CCC(C)(C)CC3)cc1. The highest BCUT2D eigenvalue weighted by molar-refractivity contribution is 5.27. The van der Waals surface area contributed by atoms with Crippen LogP contribution in [-0.2, 0) is 0 Å². The quantitative estimate of drug-likeness (QED) is 0.783. The van der Waals surface area contributed by atoms with E-state index in [0.717, 1.165) is 0 Å². The van der Waals surface area contributed by atoms with E-state index in [9.17, 15) is 0 Å². The van der Waals surface area contributed by atoms with Gasteiger partial charge < -0.3 is 5.32 Å². The molecule has 3 rings (SSSR count). The maximum absolute atomic E-state index is 3.64. The highest BCUT2D eigenvalue weighted by atomic mass is 14.9. The molecule has 1 saturated carbocycles. The molecule has 1 nitrogen and oxygen atoms in total. The molecule has 0 bridgehead atoms. The van der Waals surface area contributed by atoms with Gasteiger partial charge in [-0.2, -0.15) is 0 Å². The largest absolute Gasteiger partial charge is 0.316 e. The third-order valence-corrected chi connectivity index (χ3v) is 5.97. The second-order valence-corrected chi connectivity index (χ2v) is 7.94. The monoisotopic (exact) mass is 271 g/mol. The summed E-state index contributed by atoms with van der Waals surface area (Å²) in [4.78, 5) is 0. The van der Waals surface area contributed by atoms with E-state index in [-0.39, 0.29) is 0 Å². The van der Waals surface area contributed by atoms with Crippen molar-refractivity contribution in [3.8, 4) is 0 Å². The van der Waals surface area contributed by atoms with Gasteiger partial charge in [0, 0.05) is 12.5 Å². The number of piperidine rings is 1. The van der Waals surface area contributed by atoms with Crippen LogP contribution in [0.15, 0.2) is 24.3 Å². The first-order valence-corrected chi connectivity index (χ1v) is 8.28. The van der Waals surface area contributed by atoms with Crippen LogP contribution in [0.3, 0.4) is 0 Å². The molecule has 1 heterocycles. The van der Waals surface area contributed by atoms with E-state index >= 15 is 0 Å². The zero-order chi connectivity index (χ0) is 14.2. The fourth-order valence-corrected chi connectivity index (χ4v) is 4.27. The van der Waals surface area contributed by atoms with Gasteiger partial charge in [-0.15, -0.1) is 0 Å². The van der Waals surface area contributed by atoms with E-state index < -0.39 is 0 Å². The fraction of sp³-hybridized carbons (Fsp3) is 0.684. The Kier molecular flexibility index (Phi) is 3.66. The average molecular weight is 271 g/mol. The Morgan fingerprint density at radius 3 is 2.25 bits per heavy atom. The lowest BCUT2D eigenvalue weighted by molar-refractivity contribution is 0.0499. The molecule has 0 radical (unpaired) electrons. The normalized spacial score (nSPS) is 28.4. The lowest BCUT2D eigenvalue weighted by atomic mass is 9.56. The Morgan fingerprint density at radius 2 is 1.60 bits per heavy atom. The van der Waals surface area contributed by atoms with Crippen LogP contribution >= 0.6 is 0 Å². The second-order valence-electron chi connectivity index (χ2n) is 7.94. The fourth-order valence-electron chi connectivity index (χ4n) is 4.27. The molecule has 20 heavy (non-hydrogen) atoms. The highest BCUT2D eigenvalue weighted by Crippen LogP contribution is 2.54. The molecule has 1 aromatic carbocycles. The van der Waals surface area contributed by atoms with Gasteiger partial charge in [-0.1, -0.05) is 43.7 Å². The van der Waals surface area contributed by atoms with Crippen molar-refractivity contribution in [1.29, 1.82) is 0 Å². The standard InChI is InChI=1S/C19H29N/c1-15-4-6-16(7-5-15)17-14-20-13-12-19(17)10-8-18(2,3)9-11-19/h4-7,17,20H,8-14H2,1-3H3. The molecule has 1 atom stereocenters. The van der Waals surface area contributed by atoms with Crippen LogP contribution < -0.4 is 5.32 Å². The summed E-state index contributed by atoms with van der Waals surface area (Å²) in [5.41, 5.74) is 4.06. The summed E-state index contributed by atoms with van der Waals surface area (Å²) in [6, 6.07) is 9.30. The van der Waals surface area contributed by atoms with Gasteiger partial charge in [-0.05, 0) is 62.0 Å². The predicted molar refractivity (Wildman–Crippen MR) is 86.1 cm³/mol. The number of benzene rings is 1. The lowest BCUT2D eigenvalue weighted by Gasteiger charge is -2.51. The van der Waals surface area contributed by atoms with Crippen molar-refractivity contribution in [2.75, 3.05) is 13.1 Å². The third-order valence-electron chi connectivity index (χ3n) is 5.97. The molecule has 1 aliphatic carbocycles. The molecular weight excluding hydrogens is 242 g/mol. The minimum Gasteiger partial charge on any atom is -0.316 e. The zero-order valence-electron chi connectivity index (χ0n) is 13.3. The number of rotatable bonds is 1. The molecule has 1 aromatic rings. The van der Waals surface area contributed by atoms with Crippen molar-refractivity contribution in [2.45, 2.75) is 58.8 Å². The minimum atomic E-state index is 0.563. The van der Waals surface area contributed by atoms with Crippen LogP contribution in [0.4, 0.5) is 0 Å². The van der Waals surface area contributed by atoms with E-state index in [1.165, 1.54) is 50.8 Å². The maximum atomic E-state index is 3.64. The molecule has 1 aliphatic heterocycles. The van der Waals surface area contributed by atoms with Crippen molar-refractivity contribution in [2.24, 2.45) is 10.8 Å². The van der Waals surface area contributed by atoms with Crippen LogP contribution in [0, 0.1) is 17.8 Å². The Labute approximate surface area is 124 Å². The molecule has 1 N–H and O–H groups in total. The molecule has 2 aliphatic rings. The molecule has 2 fully saturated rings. The van der Waals surface area contributed by atoms with Gasteiger partial charge in [-0.3, -0.25) is 0 Å². The molecule has 1 saturated heterocycles. The lowest BCUT2D eigenvalue weighted by Crippen LogP contribution is -2.46. The zero-order valence-corrected chi connectivity index (χ0v) is 13.3. The average Bonchev–Trinajstić information content (AvgIpc) is 2.44. The van der Waals surface area contributed by atoms with Crippen molar-refractivity contribution in [3.63, 3.8) is 0 Å². The van der Waals surface area contributed by atoms with Crippen LogP contribution in [0.2, 0.25) is 0 Å². The summed E-state index contributed by atoms with van der Waals surface area (Å²) in [5, 5.41) is 3.64. The number of hydrogen-bond donors (Lipinski definition) is 1. The van der Waals surface area contributed by atoms with Crippen LogP contribution in [-0.4, -0.2) is 13.1 Å². The van der Waals surface area contributed by atoms with Gasteiger partial charge >= 0.3 is 0 Å². The van der Waals surface area contributed by atoms with E-state index in [2.05, 4.69) is 50.4 Å². The van der Waals surface area contributed by atoms with Gasteiger partial charge in [0.2, 0.25) is 0 Å². The Bertz CT molecular complexity index is 447. The van der Waals surface area contributed by atoms with Gasteiger partial charge in [0.15, 0.2) is 0 Å². The highest BCUT2D eigenvalue weighted by Gasteiger charge is 2.45. The molecule has 1 unspecified atom stereocenters. The second kappa shape index (κ2) is 5.18.